The van der Waals surface area contributed by atoms with E-state index in [1.807, 2.05) is 60.7 Å². The Balaban J connectivity index is 1.49. The lowest BCUT2D eigenvalue weighted by Crippen LogP contribution is -2.37. The molecule has 0 aliphatic rings. The molecule has 0 spiro atoms. The van der Waals surface area contributed by atoms with Crippen molar-refractivity contribution in [3.8, 4) is 11.1 Å². The number of carbonyl (C=O) groups excluding carboxylic acids is 3. The van der Waals surface area contributed by atoms with Crippen molar-refractivity contribution >= 4 is 40.2 Å². The fourth-order valence-corrected chi connectivity index (χ4v) is 3.93. The molecule has 200 valence electrons. The van der Waals surface area contributed by atoms with Gasteiger partial charge in [-0.25, -0.2) is 4.79 Å². The SMILES string of the molecule is CC(C)(C)OC(=O)NCCNC(=O)c1ccc(-c2ccc3ncc(C(N)=O)c(Nc4ccccc4)c3c2)cc1. The van der Waals surface area contributed by atoms with Crippen molar-refractivity contribution in [2.24, 2.45) is 5.73 Å². The number of carbonyl (C=O) groups is 3. The second-order valence-corrected chi connectivity index (χ2v) is 9.90. The summed E-state index contributed by atoms with van der Waals surface area (Å²) < 4.78 is 5.17. The Labute approximate surface area is 226 Å². The fourth-order valence-electron chi connectivity index (χ4n) is 3.93. The highest BCUT2D eigenvalue weighted by Gasteiger charge is 2.16. The molecule has 0 fully saturated rings. The van der Waals surface area contributed by atoms with Crippen LogP contribution in [0.5, 0.6) is 0 Å². The van der Waals surface area contributed by atoms with Gasteiger partial charge in [-0.15, -0.1) is 0 Å². The van der Waals surface area contributed by atoms with Gasteiger partial charge < -0.3 is 26.4 Å². The molecule has 0 saturated heterocycles. The van der Waals surface area contributed by atoms with Gasteiger partial charge in [0, 0.05) is 35.9 Å². The number of nitrogens with two attached hydrogens (primary N) is 1. The second kappa shape index (κ2) is 11.6. The van der Waals surface area contributed by atoms with Gasteiger partial charge in [-0.1, -0.05) is 36.4 Å². The van der Waals surface area contributed by atoms with Crippen molar-refractivity contribution in [1.82, 2.24) is 15.6 Å². The Morgan fingerprint density at radius 1 is 0.872 bits per heavy atom. The number of para-hydroxylation sites is 1. The van der Waals surface area contributed by atoms with Crippen LogP contribution in [-0.4, -0.2) is 41.6 Å². The standard InChI is InChI=1S/C30H31N5O4/c1-30(2,3)39-29(38)33-16-15-32-28(37)20-11-9-19(10-12-20)21-13-14-25-23(17-21)26(24(18-34-25)27(31)36)35-22-7-5-4-6-8-22/h4-14,17-18H,15-16H2,1-3H3,(H2,31,36)(H,32,37)(H,33,38)(H,34,35). The molecule has 5 N–H and O–H groups in total. The van der Waals surface area contributed by atoms with Crippen LogP contribution in [0.4, 0.5) is 16.2 Å². The summed E-state index contributed by atoms with van der Waals surface area (Å²) in [7, 11) is 0. The highest BCUT2D eigenvalue weighted by molar-refractivity contribution is 6.08. The van der Waals surface area contributed by atoms with E-state index in [9.17, 15) is 14.4 Å². The van der Waals surface area contributed by atoms with Crippen LogP contribution in [0.15, 0.2) is 79.0 Å². The third-order valence-corrected chi connectivity index (χ3v) is 5.74. The van der Waals surface area contributed by atoms with Gasteiger partial charge in [0.25, 0.3) is 11.8 Å². The molecular weight excluding hydrogens is 494 g/mol. The maximum Gasteiger partial charge on any atom is 0.407 e. The monoisotopic (exact) mass is 525 g/mol. The molecule has 3 amide bonds. The van der Waals surface area contributed by atoms with Gasteiger partial charge >= 0.3 is 6.09 Å². The Hall–Kier alpha value is -4.92. The van der Waals surface area contributed by atoms with Gasteiger partial charge in [-0.2, -0.15) is 0 Å². The average Bonchev–Trinajstić information content (AvgIpc) is 2.90. The van der Waals surface area contributed by atoms with Gasteiger partial charge in [0.15, 0.2) is 0 Å². The molecule has 3 aromatic carbocycles. The van der Waals surface area contributed by atoms with E-state index in [2.05, 4.69) is 20.9 Å². The number of benzene rings is 3. The van der Waals surface area contributed by atoms with Crippen LogP contribution in [0.25, 0.3) is 22.0 Å². The predicted octanol–water partition coefficient (Wildman–Crippen LogP) is 5.00. The summed E-state index contributed by atoms with van der Waals surface area (Å²) in [5, 5.41) is 9.44. The zero-order chi connectivity index (χ0) is 28.0. The number of nitrogens with one attached hydrogen (secondary N) is 3. The smallest absolute Gasteiger partial charge is 0.407 e. The second-order valence-electron chi connectivity index (χ2n) is 9.90. The molecule has 4 rings (SSSR count). The number of ether oxygens (including phenoxy) is 1. The molecule has 0 unspecified atom stereocenters. The summed E-state index contributed by atoms with van der Waals surface area (Å²) in [5.41, 5.74) is 9.72. The number of nitrogens with zero attached hydrogens (tertiary/aromatic N) is 1. The molecule has 0 atom stereocenters. The molecule has 0 bridgehead atoms. The number of aromatic nitrogens is 1. The van der Waals surface area contributed by atoms with Gasteiger partial charge in [-0.05, 0) is 68.3 Å². The van der Waals surface area contributed by atoms with Crippen molar-refractivity contribution in [2.75, 3.05) is 18.4 Å². The number of hydrogen-bond donors (Lipinski definition) is 4. The van der Waals surface area contributed by atoms with Crippen LogP contribution in [0, 0.1) is 0 Å². The van der Waals surface area contributed by atoms with E-state index in [-0.39, 0.29) is 24.6 Å². The quantitative estimate of drug-likeness (QED) is 0.239. The highest BCUT2D eigenvalue weighted by atomic mass is 16.6. The lowest BCUT2D eigenvalue weighted by atomic mass is 10.00. The first-order chi connectivity index (χ1) is 18.6. The molecule has 0 saturated carbocycles. The number of alkyl carbamates (subject to hydrolysis) is 1. The number of pyridine rings is 1. The van der Waals surface area contributed by atoms with Crippen LogP contribution in [0.1, 0.15) is 41.5 Å². The average molecular weight is 526 g/mol. The number of primary amides is 1. The molecule has 0 radical (unpaired) electrons. The van der Waals surface area contributed by atoms with E-state index < -0.39 is 17.6 Å². The van der Waals surface area contributed by atoms with Crippen LogP contribution < -0.4 is 21.7 Å². The number of fused-ring (bicyclic) bond motifs is 1. The Morgan fingerprint density at radius 3 is 2.21 bits per heavy atom. The van der Waals surface area contributed by atoms with Crippen LogP contribution in [0.3, 0.4) is 0 Å². The Morgan fingerprint density at radius 2 is 1.54 bits per heavy atom. The molecule has 9 nitrogen and oxygen atoms in total. The van der Waals surface area contributed by atoms with Crippen molar-refractivity contribution in [3.05, 3.63) is 90.1 Å². The number of rotatable bonds is 8. The minimum atomic E-state index is -0.583. The van der Waals surface area contributed by atoms with Gasteiger partial charge in [0.1, 0.15) is 5.60 Å². The first-order valence-corrected chi connectivity index (χ1v) is 12.5. The molecule has 9 heteroatoms. The van der Waals surface area contributed by atoms with Crippen LogP contribution in [0.2, 0.25) is 0 Å². The molecule has 1 aromatic heterocycles. The highest BCUT2D eigenvalue weighted by Crippen LogP contribution is 2.32. The molecule has 0 aliphatic carbocycles. The van der Waals surface area contributed by atoms with Crippen molar-refractivity contribution in [1.29, 1.82) is 0 Å². The number of amides is 3. The lowest BCUT2D eigenvalue weighted by molar-refractivity contribution is 0.0526. The normalized spacial score (nSPS) is 11.1. The van der Waals surface area contributed by atoms with Gasteiger partial charge in [-0.3, -0.25) is 14.6 Å². The van der Waals surface area contributed by atoms with E-state index in [0.717, 1.165) is 22.2 Å². The lowest BCUT2D eigenvalue weighted by Gasteiger charge is -2.19. The van der Waals surface area contributed by atoms with E-state index in [0.29, 0.717) is 16.8 Å². The minimum absolute atomic E-state index is 0.247. The Kier molecular flexibility index (Phi) is 8.10. The minimum Gasteiger partial charge on any atom is -0.444 e. The Bertz CT molecular complexity index is 1500. The first-order valence-electron chi connectivity index (χ1n) is 12.5. The summed E-state index contributed by atoms with van der Waals surface area (Å²) in [6.45, 7) is 5.86. The van der Waals surface area contributed by atoms with Crippen LogP contribution >= 0.6 is 0 Å². The molecule has 0 aliphatic heterocycles. The first kappa shape index (κ1) is 27.1. The summed E-state index contributed by atoms with van der Waals surface area (Å²) in [4.78, 5) is 40.8. The largest absolute Gasteiger partial charge is 0.444 e. The predicted molar refractivity (Wildman–Crippen MR) is 152 cm³/mol. The van der Waals surface area contributed by atoms with Gasteiger partial charge in [0.2, 0.25) is 0 Å². The maximum absolute atomic E-state index is 12.5. The molecular formula is C30H31N5O4. The third kappa shape index (κ3) is 7.10. The van der Waals surface area contributed by atoms with E-state index in [1.54, 1.807) is 32.9 Å². The number of anilines is 2. The van der Waals surface area contributed by atoms with Crippen molar-refractivity contribution in [3.63, 3.8) is 0 Å². The summed E-state index contributed by atoms with van der Waals surface area (Å²) in [6, 6.07) is 22.4. The van der Waals surface area contributed by atoms with Crippen molar-refractivity contribution < 1.29 is 19.1 Å². The molecule has 39 heavy (non-hydrogen) atoms. The topological polar surface area (TPSA) is 135 Å². The third-order valence-electron chi connectivity index (χ3n) is 5.74. The molecule has 1 heterocycles. The summed E-state index contributed by atoms with van der Waals surface area (Å²) in [5.74, 6) is -0.833. The maximum atomic E-state index is 12.5. The zero-order valence-electron chi connectivity index (χ0n) is 22.1. The van der Waals surface area contributed by atoms with E-state index in [4.69, 9.17) is 10.5 Å². The number of hydrogen-bond acceptors (Lipinski definition) is 6. The molecule has 4 aromatic rings. The fraction of sp³-hybridized carbons (Fsp3) is 0.200. The summed E-state index contributed by atoms with van der Waals surface area (Å²) >= 11 is 0. The summed E-state index contributed by atoms with van der Waals surface area (Å²) in [6.07, 6.45) is 0.947. The zero-order valence-corrected chi connectivity index (χ0v) is 22.1. The van der Waals surface area contributed by atoms with Gasteiger partial charge in [0.05, 0.1) is 16.8 Å². The van der Waals surface area contributed by atoms with Crippen LogP contribution in [-0.2, 0) is 4.74 Å². The van der Waals surface area contributed by atoms with E-state index in [1.165, 1.54) is 6.20 Å². The van der Waals surface area contributed by atoms with E-state index >= 15 is 0 Å². The van der Waals surface area contributed by atoms with Crippen molar-refractivity contribution in [2.45, 2.75) is 26.4 Å².